The lowest BCUT2D eigenvalue weighted by Gasteiger charge is -2.02. The predicted octanol–water partition coefficient (Wildman–Crippen LogP) is -0.519. The fourth-order valence-corrected chi connectivity index (χ4v) is 1.32. The smallest absolute Gasteiger partial charge is 0.273 e. The Morgan fingerprint density at radius 1 is 1.53 bits per heavy atom. The molecule has 1 aromatic rings. The van der Waals surface area contributed by atoms with E-state index in [4.69, 9.17) is 11.5 Å². The summed E-state index contributed by atoms with van der Waals surface area (Å²) in [7, 11) is 0. The first kappa shape index (κ1) is 13.0. The highest BCUT2D eigenvalue weighted by molar-refractivity contribution is 5.96. The van der Waals surface area contributed by atoms with Crippen molar-refractivity contribution in [3.8, 4) is 0 Å². The Hall–Kier alpha value is -2.05. The molecule has 0 aromatic carbocycles. The Kier molecular flexibility index (Phi) is 4.50. The van der Waals surface area contributed by atoms with E-state index in [1.165, 1.54) is 0 Å². The van der Waals surface area contributed by atoms with Gasteiger partial charge < -0.3 is 16.8 Å². The standard InChI is InChI=1S/C10H17N5O2/c1-2-15-6-7(11)9(14-15)10(17)13-5-3-4-8(12)16/h6H,2-5,11H2,1H3,(H2,12,16)(H,13,17). The van der Waals surface area contributed by atoms with Crippen LogP contribution in [-0.2, 0) is 11.3 Å². The van der Waals surface area contributed by atoms with Crippen LogP contribution in [0.5, 0.6) is 0 Å². The fraction of sp³-hybridized carbons (Fsp3) is 0.500. The van der Waals surface area contributed by atoms with Crippen LogP contribution in [0.2, 0.25) is 0 Å². The van der Waals surface area contributed by atoms with Gasteiger partial charge >= 0.3 is 0 Å². The summed E-state index contributed by atoms with van der Waals surface area (Å²) >= 11 is 0. The van der Waals surface area contributed by atoms with Crippen molar-refractivity contribution >= 4 is 17.5 Å². The Morgan fingerprint density at radius 3 is 2.76 bits per heavy atom. The van der Waals surface area contributed by atoms with Gasteiger partial charge in [0.15, 0.2) is 5.69 Å². The number of aryl methyl sites for hydroxylation is 1. The maximum Gasteiger partial charge on any atom is 0.273 e. The molecule has 7 nitrogen and oxygen atoms in total. The molecular weight excluding hydrogens is 222 g/mol. The number of anilines is 1. The first-order chi connectivity index (χ1) is 8.04. The molecule has 0 fully saturated rings. The number of nitrogens with one attached hydrogen (secondary N) is 1. The first-order valence-corrected chi connectivity index (χ1v) is 5.44. The molecule has 0 unspecified atom stereocenters. The molecule has 1 heterocycles. The maximum absolute atomic E-state index is 11.7. The van der Waals surface area contributed by atoms with Crippen LogP contribution in [-0.4, -0.2) is 28.1 Å². The van der Waals surface area contributed by atoms with Gasteiger partial charge in [0.25, 0.3) is 5.91 Å². The first-order valence-electron chi connectivity index (χ1n) is 5.44. The minimum atomic E-state index is -0.381. The average molecular weight is 239 g/mol. The third-order valence-electron chi connectivity index (χ3n) is 2.21. The van der Waals surface area contributed by atoms with Crippen molar-refractivity contribution in [3.63, 3.8) is 0 Å². The summed E-state index contributed by atoms with van der Waals surface area (Å²) in [5.41, 5.74) is 11.2. The van der Waals surface area contributed by atoms with Crippen LogP contribution in [0.3, 0.4) is 0 Å². The number of nitrogens with zero attached hydrogens (tertiary/aromatic N) is 2. The van der Waals surface area contributed by atoms with E-state index in [0.717, 1.165) is 0 Å². The molecule has 0 aliphatic carbocycles. The number of carbonyl (C=O) groups excluding carboxylic acids is 2. The van der Waals surface area contributed by atoms with Crippen molar-refractivity contribution in [2.45, 2.75) is 26.3 Å². The Morgan fingerprint density at radius 2 is 2.24 bits per heavy atom. The Balaban J connectivity index is 2.46. The predicted molar refractivity (Wildman–Crippen MR) is 63.1 cm³/mol. The van der Waals surface area contributed by atoms with Crippen molar-refractivity contribution in [3.05, 3.63) is 11.9 Å². The number of primary amides is 1. The number of hydrogen-bond acceptors (Lipinski definition) is 4. The second-order valence-corrected chi connectivity index (χ2v) is 3.61. The monoisotopic (exact) mass is 239 g/mol. The van der Waals surface area contributed by atoms with Crippen LogP contribution in [0, 0.1) is 0 Å². The van der Waals surface area contributed by atoms with E-state index in [1.807, 2.05) is 6.92 Å². The number of nitrogens with two attached hydrogens (primary N) is 2. The molecule has 0 bridgehead atoms. The zero-order chi connectivity index (χ0) is 12.8. The molecule has 0 aliphatic heterocycles. The van der Waals surface area contributed by atoms with E-state index in [2.05, 4.69) is 10.4 Å². The molecule has 0 spiro atoms. The van der Waals surface area contributed by atoms with Gasteiger partial charge in [0.2, 0.25) is 5.91 Å². The van der Waals surface area contributed by atoms with E-state index >= 15 is 0 Å². The van der Waals surface area contributed by atoms with Crippen molar-refractivity contribution in [2.75, 3.05) is 12.3 Å². The quantitative estimate of drug-likeness (QED) is 0.579. The largest absolute Gasteiger partial charge is 0.396 e. The van der Waals surface area contributed by atoms with Gasteiger partial charge in [-0.2, -0.15) is 5.10 Å². The lowest BCUT2D eigenvalue weighted by Crippen LogP contribution is -2.26. The van der Waals surface area contributed by atoms with Gasteiger partial charge in [0, 0.05) is 25.7 Å². The summed E-state index contributed by atoms with van der Waals surface area (Å²) in [4.78, 5) is 22.1. The molecule has 1 aromatic heterocycles. The lowest BCUT2D eigenvalue weighted by atomic mass is 10.3. The van der Waals surface area contributed by atoms with Gasteiger partial charge in [0.1, 0.15) is 0 Å². The van der Waals surface area contributed by atoms with Crippen LogP contribution in [0.25, 0.3) is 0 Å². The highest BCUT2D eigenvalue weighted by Crippen LogP contribution is 2.08. The molecule has 7 heteroatoms. The fourth-order valence-electron chi connectivity index (χ4n) is 1.32. The summed E-state index contributed by atoms with van der Waals surface area (Å²) in [5.74, 6) is -0.715. The summed E-state index contributed by atoms with van der Waals surface area (Å²) < 4.78 is 1.59. The summed E-state index contributed by atoms with van der Waals surface area (Å²) in [5, 5.41) is 6.66. The van der Waals surface area contributed by atoms with Crippen LogP contribution in [0.15, 0.2) is 6.20 Å². The molecule has 17 heavy (non-hydrogen) atoms. The third kappa shape index (κ3) is 3.78. The topological polar surface area (TPSA) is 116 Å². The van der Waals surface area contributed by atoms with Gasteiger partial charge in [0.05, 0.1) is 5.69 Å². The van der Waals surface area contributed by atoms with Gasteiger partial charge in [-0.15, -0.1) is 0 Å². The SMILES string of the molecule is CCn1cc(N)c(C(=O)NCCCC(N)=O)n1. The summed E-state index contributed by atoms with van der Waals surface area (Å²) in [6, 6.07) is 0. The van der Waals surface area contributed by atoms with Crippen LogP contribution in [0.1, 0.15) is 30.3 Å². The number of amides is 2. The molecule has 94 valence electrons. The number of hydrogen-bond donors (Lipinski definition) is 3. The molecule has 1 rings (SSSR count). The van der Waals surface area contributed by atoms with Gasteiger partial charge in [-0.05, 0) is 13.3 Å². The maximum atomic E-state index is 11.7. The molecule has 0 saturated heterocycles. The van der Waals surface area contributed by atoms with Crippen LogP contribution >= 0.6 is 0 Å². The number of carbonyl (C=O) groups is 2. The number of nitrogen functional groups attached to an aromatic ring is 1. The van der Waals surface area contributed by atoms with Crippen molar-refractivity contribution in [2.24, 2.45) is 5.73 Å². The van der Waals surface area contributed by atoms with E-state index in [9.17, 15) is 9.59 Å². The summed E-state index contributed by atoms with van der Waals surface area (Å²) in [6.45, 7) is 2.93. The normalized spacial score (nSPS) is 10.2. The van der Waals surface area contributed by atoms with E-state index in [-0.39, 0.29) is 23.9 Å². The molecule has 0 saturated carbocycles. The molecule has 5 N–H and O–H groups in total. The highest BCUT2D eigenvalue weighted by atomic mass is 16.2. The summed E-state index contributed by atoms with van der Waals surface area (Å²) in [6.07, 6.45) is 2.37. The molecule has 2 amide bonds. The van der Waals surface area contributed by atoms with Crippen LogP contribution in [0.4, 0.5) is 5.69 Å². The second-order valence-electron chi connectivity index (χ2n) is 3.61. The minimum Gasteiger partial charge on any atom is -0.396 e. The molecular formula is C10H17N5O2. The third-order valence-corrected chi connectivity index (χ3v) is 2.21. The molecule has 0 radical (unpaired) electrons. The van der Waals surface area contributed by atoms with E-state index in [0.29, 0.717) is 25.2 Å². The second kappa shape index (κ2) is 5.88. The van der Waals surface area contributed by atoms with Crippen molar-refractivity contribution in [1.82, 2.24) is 15.1 Å². The zero-order valence-electron chi connectivity index (χ0n) is 9.77. The van der Waals surface area contributed by atoms with Crippen molar-refractivity contribution < 1.29 is 9.59 Å². The zero-order valence-corrected chi connectivity index (χ0v) is 9.77. The average Bonchev–Trinajstić information content (AvgIpc) is 2.65. The minimum absolute atomic E-state index is 0.214. The van der Waals surface area contributed by atoms with Crippen LogP contribution < -0.4 is 16.8 Å². The van der Waals surface area contributed by atoms with E-state index in [1.54, 1.807) is 10.9 Å². The number of rotatable bonds is 6. The Bertz CT molecular complexity index is 413. The van der Waals surface area contributed by atoms with Gasteiger partial charge in [-0.25, -0.2) is 0 Å². The van der Waals surface area contributed by atoms with Gasteiger partial charge in [-0.3, -0.25) is 14.3 Å². The van der Waals surface area contributed by atoms with E-state index < -0.39 is 0 Å². The molecule has 0 aliphatic rings. The van der Waals surface area contributed by atoms with Crippen molar-refractivity contribution in [1.29, 1.82) is 0 Å². The highest BCUT2D eigenvalue weighted by Gasteiger charge is 2.13. The van der Waals surface area contributed by atoms with Gasteiger partial charge in [-0.1, -0.05) is 0 Å². The number of aromatic nitrogens is 2. The molecule has 0 atom stereocenters. The Labute approximate surface area is 99.1 Å². The lowest BCUT2D eigenvalue weighted by molar-refractivity contribution is -0.118.